The van der Waals surface area contributed by atoms with Crippen molar-refractivity contribution < 1.29 is 29.0 Å². The third-order valence-electron chi connectivity index (χ3n) is 5.89. The SMILES string of the molecule is CC1CCC(n2cnc(C[C@H](CCCNC(=O)O[C@H](C)OC(=O)C(C)C)C(=O)O)c2)CC1. The van der Waals surface area contributed by atoms with Gasteiger partial charge in [-0.25, -0.2) is 9.78 Å². The Morgan fingerprint density at radius 1 is 1.19 bits per heavy atom. The van der Waals surface area contributed by atoms with Crippen molar-refractivity contribution in [3.63, 3.8) is 0 Å². The van der Waals surface area contributed by atoms with Crippen LogP contribution in [0.4, 0.5) is 4.79 Å². The first-order valence-corrected chi connectivity index (χ1v) is 11.6. The summed E-state index contributed by atoms with van der Waals surface area (Å²) < 4.78 is 12.1. The van der Waals surface area contributed by atoms with Crippen LogP contribution in [0.25, 0.3) is 0 Å². The van der Waals surface area contributed by atoms with Crippen molar-refractivity contribution in [2.75, 3.05) is 6.54 Å². The second-order valence-corrected chi connectivity index (χ2v) is 9.10. The molecule has 0 unspecified atom stereocenters. The molecule has 0 radical (unpaired) electrons. The van der Waals surface area contributed by atoms with E-state index >= 15 is 0 Å². The molecule has 1 heterocycles. The third-order valence-corrected chi connectivity index (χ3v) is 5.89. The van der Waals surface area contributed by atoms with Gasteiger partial charge in [-0.2, -0.15) is 0 Å². The van der Waals surface area contributed by atoms with Gasteiger partial charge in [-0.15, -0.1) is 0 Å². The summed E-state index contributed by atoms with van der Waals surface area (Å²) in [7, 11) is 0. The summed E-state index contributed by atoms with van der Waals surface area (Å²) in [5, 5.41) is 12.1. The number of carboxylic acid groups (broad SMARTS) is 1. The molecular weight excluding hydrogens is 414 g/mol. The Morgan fingerprint density at radius 3 is 2.50 bits per heavy atom. The van der Waals surface area contributed by atoms with Crippen LogP contribution in [0.3, 0.4) is 0 Å². The first kappa shape index (κ1) is 25.7. The molecule has 1 aliphatic carbocycles. The topological polar surface area (TPSA) is 120 Å². The van der Waals surface area contributed by atoms with Crippen LogP contribution in [0.2, 0.25) is 0 Å². The largest absolute Gasteiger partial charge is 0.481 e. The fraction of sp³-hybridized carbons (Fsp3) is 0.739. The van der Waals surface area contributed by atoms with E-state index in [0.717, 1.165) is 24.5 Å². The summed E-state index contributed by atoms with van der Waals surface area (Å²) in [6.45, 7) is 7.39. The molecule has 9 nitrogen and oxygen atoms in total. The number of hydrogen-bond acceptors (Lipinski definition) is 6. The van der Waals surface area contributed by atoms with E-state index in [1.807, 2.05) is 12.5 Å². The number of esters is 1. The van der Waals surface area contributed by atoms with E-state index in [1.165, 1.54) is 19.8 Å². The smallest absolute Gasteiger partial charge is 0.410 e. The first-order chi connectivity index (χ1) is 15.2. The molecule has 2 rings (SSSR count). The Hall–Kier alpha value is -2.58. The number of nitrogens with zero attached hydrogens (tertiary/aromatic N) is 2. The van der Waals surface area contributed by atoms with Crippen molar-refractivity contribution in [2.24, 2.45) is 17.8 Å². The number of nitrogens with one attached hydrogen (secondary N) is 1. The molecule has 0 aromatic carbocycles. The monoisotopic (exact) mass is 451 g/mol. The molecule has 32 heavy (non-hydrogen) atoms. The number of hydrogen-bond donors (Lipinski definition) is 2. The lowest BCUT2D eigenvalue weighted by Gasteiger charge is -2.26. The van der Waals surface area contributed by atoms with E-state index in [1.54, 1.807) is 13.8 Å². The van der Waals surface area contributed by atoms with Crippen LogP contribution in [0.15, 0.2) is 12.5 Å². The predicted molar refractivity (Wildman–Crippen MR) is 118 cm³/mol. The molecule has 1 aromatic rings. The van der Waals surface area contributed by atoms with Crippen LogP contribution in [-0.4, -0.2) is 45.5 Å². The lowest BCUT2D eigenvalue weighted by atomic mass is 9.87. The molecule has 180 valence electrons. The highest BCUT2D eigenvalue weighted by molar-refractivity contribution is 5.72. The maximum Gasteiger partial charge on any atom is 0.410 e. The van der Waals surface area contributed by atoms with Crippen molar-refractivity contribution in [3.8, 4) is 0 Å². The maximum absolute atomic E-state index is 11.8. The van der Waals surface area contributed by atoms with Crippen LogP contribution >= 0.6 is 0 Å². The van der Waals surface area contributed by atoms with Crippen molar-refractivity contribution in [1.29, 1.82) is 0 Å². The van der Waals surface area contributed by atoms with Crippen LogP contribution in [0.1, 0.15) is 78.0 Å². The number of carboxylic acids is 1. The van der Waals surface area contributed by atoms with Gasteiger partial charge in [-0.1, -0.05) is 20.8 Å². The highest BCUT2D eigenvalue weighted by Gasteiger charge is 2.23. The number of rotatable bonds is 11. The zero-order valence-corrected chi connectivity index (χ0v) is 19.6. The molecule has 0 aliphatic heterocycles. The zero-order chi connectivity index (χ0) is 23.7. The number of carbonyl (C=O) groups is 3. The maximum atomic E-state index is 11.8. The van der Waals surface area contributed by atoms with Crippen LogP contribution in [0, 0.1) is 17.8 Å². The van der Waals surface area contributed by atoms with Gasteiger partial charge in [-0.05, 0) is 44.4 Å². The van der Waals surface area contributed by atoms with Gasteiger partial charge in [0, 0.05) is 32.1 Å². The summed E-state index contributed by atoms with van der Waals surface area (Å²) >= 11 is 0. The number of ether oxygens (including phenoxy) is 2. The molecule has 0 bridgehead atoms. The van der Waals surface area contributed by atoms with Gasteiger partial charge in [0.15, 0.2) is 0 Å². The number of aromatic nitrogens is 2. The molecule has 1 aliphatic rings. The lowest BCUT2D eigenvalue weighted by Crippen LogP contribution is -2.32. The number of aliphatic carboxylic acids is 1. The fourth-order valence-electron chi connectivity index (χ4n) is 3.85. The molecule has 1 fully saturated rings. The number of carbonyl (C=O) groups excluding carboxylic acids is 2. The van der Waals surface area contributed by atoms with Gasteiger partial charge in [0.25, 0.3) is 0 Å². The van der Waals surface area contributed by atoms with Crippen molar-refractivity contribution in [2.45, 2.75) is 85.0 Å². The molecule has 2 N–H and O–H groups in total. The minimum atomic E-state index is -0.987. The number of alkyl carbamates (subject to hydrolysis) is 1. The Morgan fingerprint density at radius 2 is 1.88 bits per heavy atom. The Bertz CT molecular complexity index is 755. The molecule has 1 saturated carbocycles. The molecule has 1 amide bonds. The highest BCUT2D eigenvalue weighted by Crippen LogP contribution is 2.31. The third kappa shape index (κ3) is 8.51. The van der Waals surface area contributed by atoms with E-state index in [-0.39, 0.29) is 12.5 Å². The van der Waals surface area contributed by atoms with E-state index in [9.17, 15) is 19.5 Å². The lowest BCUT2D eigenvalue weighted by molar-refractivity contribution is -0.168. The summed E-state index contributed by atoms with van der Waals surface area (Å²) in [5.41, 5.74) is 0.782. The summed E-state index contributed by atoms with van der Waals surface area (Å²) in [4.78, 5) is 39.4. The predicted octanol–water partition coefficient (Wildman–Crippen LogP) is 3.93. The quantitative estimate of drug-likeness (QED) is 0.297. The van der Waals surface area contributed by atoms with E-state index in [2.05, 4.69) is 21.8 Å². The van der Waals surface area contributed by atoms with Gasteiger partial charge in [0.2, 0.25) is 6.29 Å². The van der Waals surface area contributed by atoms with Gasteiger partial charge in [-0.3, -0.25) is 9.59 Å². The Labute approximate surface area is 189 Å². The van der Waals surface area contributed by atoms with Crippen LogP contribution in [0.5, 0.6) is 0 Å². The molecular formula is C23H37N3O6. The van der Waals surface area contributed by atoms with Gasteiger partial charge in [0.05, 0.1) is 23.9 Å². The molecule has 1 aromatic heterocycles. The van der Waals surface area contributed by atoms with Gasteiger partial charge >= 0.3 is 18.0 Å². The second-order valence-electron chi connectivity index (χ2n) is 9.10. The first-order valence-electron chi connectivity index (χ1n) is 11.6. The van der Waals surface area contributed by atoms with E-state index in [4.69, 9.17) is 9.47 Å². The average molecular weight is 452 g/mol. The molecule has 9 heteroatoms. The van der Waals surface area contributed by atoms with E-state index in [0.29, 0.717) is 25.3 Å². The van der Waals surface area contributed by atoms with Crippen LogP contribution < -0.4 is 5.32 Å². The summed E-state index contributed by atoms with van der Waals surface area (Å²) in [6.07, 6.45) is 8.04. The van der Waals surface area contributed by atoms with Crippen molar-refractivity contribution in [1.82, 2.24) is 14.9 Å². The summed E-state index contributed by atoms with van der Waals surface area (Å²) in [6, 6.07) is 0.452. The number of amides is 1. The Balaban J connectivity index is 1.72. The minimum Gasteiger partial charge on any atom is -0.481 e. The normalized spacial score (nSPS) is 20.4. The van der Waals surface area contributed by atoms with Crippen molar-refractivity contribution in [3.05, 3.63) is 18.2 Å². The average Bonchev–Trinajstić information content (AvgIpc) is 3.19. The molecule has 0 saturated heterocycles. The minimum absolute atomic E-state index is 0.266. The number of imidazole rings is 1. The highest BCUT2D eigenvalue weighted by atomic mass is 16.7. The Kier molecular flexibility index (Phi) is 9.99. The molecule has 2 atom stereocenters. The van der Waals surface area contributed by atoms with E-state index < -0.39 is 30.2 Å². The van der Waals surface area contributed by atoms with Gasteiger partial charge in [0.1, 0.15) is 0 Å². The molecule has 0 spiro atoms. The summed E-state index contributed by atoms with van der Waals surface area (Å²) in [5.74, 6) is -1.43. The standard InChI is InChI=1S/C23H37N3O6/c1-15(2)22(29)31-17(4)32-23(30)24-11-5-6-18(21(27)28)12-19-13-26(14-25-19)20-9-7-16(3)8-10-20/h13-18,20H,5-12H2,1-4H3,(H,24,30)(H,27,28)/t16?,17-,18+,20?/m1/s1. The van der Waals surface area contributed by atoms with Gasteiger partial charge < -0.3 is 24.5 Å². The second kappa shape index (κ2) is 12.5. The van der Waals surface area contributed by atoms with Crippen LogP contribution in [-0.2, 0) is 25.5 Å². The zero-order valence-electron chi connectivity index (χ0n) is 19.6. The fourth-order valence-corrected chi connectivity index (χ4v) is 3.85. The van der Waals surface area contributed by atoms with Crippen molar-refractivity contribution >= 4 is 18.0 Å².